The van der Waals surface area contributed by atoms with E-state index in [9.17, 15) is 9.59 Å². The minimum atomic E-state index is -0.243. The number of nitrogens with zero attached hydrogens (tertiary/aromatic N) is 2. The molecule has 6 nitrogen and oxygen atoms in total. The maximum absolute atomic E-state index is 13.0. The molecule has 0 unspecified atom stereocenters. The van der Waals surface area contributed by atoms with Gasteiger partial charge in [-0.15, -0.1) is 0 Å². The summed E-state index contributed by atoms with van der Waals surface area (Å²) < 4.78 is 7.73. The predicted octanol–water partition coefficient (Wildman–Crippen LogP) is 4.05. The average Bonchev–Trinajstić information content (AvgIpc) is 2.78. The molecule has 31 heavy (non-hydrogen) atoms. The lowest BCUT2D eigenvalue weighted by molar-refractivity contribution is -0.123. The molecule has 1 N–H and O–H groups in total. The molecule has 6 heteroatoms. The zero-order chi connectivity index (χ0) is 21.4. The summed E-state index contributed by atoms with van der Waals surface area (Å²) in [5.41, 5.74) is 1.29. The van der Waals surface area contributed by atoms with Crippen molar-refractivity contribution in [3.05, 3.63) is 70.1 Å². The summed E-state index contributed by atoms with van der Waals surface area (Å²) in [4.78, 5) is 25.9. The van der Waals surface area contributed by atoms with E-state index in [2.05, 4.69) is 10.4 Å². The van der Waals surface area contributed by atoms with E-state index in [1.165, 1.54) is 11.1 Å². The third kappa shape index (κ3) is 3.71. The minimum Gasteiger partial charge on any atom is -0.487 e. The van der Waals surface area contributed by atoms with Crippen LogP contribution in [0.3, 0.4) is 0 Å². The van der Waals surface area contributed by atoms with Crippen LogP contribution in [0, 0.1) is 6.92 Å². The first-order valence-electron chi connectivity index (χ1n) is 11.1. The van der Waals surface area contributed by atoms with Crippen molar-refractivity contribution in [1.82, 2.24) is 15.1 Å². The smallest absolute Gasteiger partial charge is 0.275 e. The summed E-state index contributed by atoms with van der Waals surface area (Å²) in [7, 11) is 0. The van der Waals surface area contributed by atoms with E-state index in [0.29, 0.717) is 5.39 Å². The Kier molecular flexibility index (Phi) is 5.00. The van der Waals surface area contributed by atoms with Crippen LogP contribution >= 0.6 is 0 Å². The van der Waals surface area contributed by atoms with Crippen molar-refractivity contribution in [3.63, 3.8) is 0 Å². The second-order valence-corrected chi connectivity index (χ2v) is 8.80. The van der Waals surface area contributed by atoms with Gasteiger partial charge in [-0.3, -0.25) is 9.59 Å². The van der Waals surface area contributed by atoms with E-state index in [-0.39, 0.29) is 29.7 Å². The lowest BCUT2D eigenvalue weighted by Gasteiger charge is -2.44. The Bertz CT molecular complexity index is 1190. The van der Waals surface area contributed by atoms with Crippen LogP contribution < -0.4 is 15.6 Å². The number of nitrogens with one attached hydrogen (secondary N) is 1. The number of fused-ring (bicyclic) bond motifs is 2. The van der Waals surface area contributed by atoms with Gasteiger partial charge in [0.05, 0.1) is 17.1 Å². The van der Waals surface area contributed by atoms with Gasteiger partial charge >= 0.3 is 0 Å². The van der Waals surface area contributed by atoms with Gasteiger partial charge in [0.25, 0.3) is 5.56 Å². The summed E-state index contributed by atoms with van der Waals surface area (Å²) in [6.45, 7) is 1.76. The van der Waals surface area contributed by atoms with Crippen molar-refractivity contribution in [1.29, 1.82) is 0 Å². The Labute approximate surface area is 181 Å². The number of hydrogen-bond acceptors (Lipinski definition) is 4. The van der Waals surface area contributed by atoms with Crippen molar-refractivity contribution < 1.29 is 9.53 Å². The highest BCUT2D eigenvalue weighted by molar-refractivity contribution is 5.83. The molecule has 2 aromatic carbocycles. The Morgan fingerprint density at radius 1 is 1.10 bits per heavy atom. The number of carbonyl (C=O) groups excluding carboxylic acids is 1. The quantitative estimate of drug-likeness (QED) is 0.698. The van der Waals surface area contributed by atoms with Crippen LogP contribution in [0.25, 0.3) is 10.8 Å². The molecule has 160 valence electrons. The third-order valence-corrected chi connectivity index (χ3v) is 6.64. The molecular weight excluding hydrogens is 390 g/mol. The fraction of sp³-hybridized carbons (Fsp3) is 0.400. The summed E-state index contributed by atoms with van der Waals surface area (Å²) >= 11 is 0. The van der Waals surface area contributed by atoms with E-state index in [4.69, 9.17) is 4.74 Å². The van der Waals surface area contributed by atoms with Crippen LogP contribution in [0.4, 0.5) is 0 Å². The van der Waals surface area contributed by atoms with E-state index in [1.54, 1.807) is 6.07 Å². The third-order valence-electron chi connectivity index (χ3n) is 6.64. The first-order valence-corrected chi connectivity index (χ1v) is 11.1. The van der Waals surface area contributed by atoms with Gasteiger partial charge in [-0.2, -0.15) is 5.10 Å². The molecule has 1 atom stereocenters. The molecule has 0 radical (unpaired) electrons. The molecule has 0 bridgehead atoms. The molecule has 1 amide bonds. The number of benzene rings is 2. The molecule has 1 saturated carbocycles. The molecule has 5 rings (SSSR count). The molecule has 0 saturated heterocycles. The highest BCUT2D eigenvalue weighted by Gasteiger charge is 2.42. The summed E-state index contributed by atoms with van der Waals surface area (Å²) in [5, 5.41) is 8.96. The Morgan fingerprint density at radius 2 is 1.81 bits per heavy atom. The average molecular weight is 418 g/mol. The Balaban J connectivity index is 1.41. The molecule has 1 aliphatic carbocycles. The van der Waals surface area contributed by atoms with Gasteiger partial charge in [-0.05, 0) is 44.7 Å². The second-order valence-electron chi connectivity index (χ2n) is 8.80. The summed E-state index contributed by atoms with van der Waals surface area (Å²) in [6.07, 6.45) is 6.32. The highest BCUT2D eigenvalue weighted by Crippen LogP contribution is 2.45. The van der Waals surface area contributed by atoms with Gasteiger partial charge in [-0.25, -0.2) is 4.68 Å². The van der Waals surface area contributed by atoms with Crippen LogP contribution in [0.15, 0.2) is 53.3 Å². The van der Waals surface area contributed by atoms with Crippen molar-refractivity contribution in [2.45, 2.75) is 63.6 Å². The van der Waals surface area contributed by atoms with Crippen molar-refractivity contribution in [3.8, 4) is 5.75 Å². The maximum Gasteiger partial charge on any atom is 0.275 e. The summed E-state index contributed by atoms with van der Waals surface area (Å²) in [6, 6.07) is 15.2. The number of amides is 1. The molecule has 2 aliphatic rings. The minimum absolute atomic E-state index is 0.100. The first kappa shape index (κ1) is 19.8. The molecule has 1 spiro atoms. The number of aromatic nitrogens is 2. The van der Waals surface area contributed by atoms with E-state index < -0.39 is 0 Å². The number of hydrogen-bond donors (Lipinski definition) is 1. The number of carbonyl (C=O) groups is 1. The van der Waals surface area contributed by atoms with Gasteiger partial charge in [-0.1, -0.05) is 42.8 Å². The van der Waals surface area contributed by atoms with Crippen LogP contribution in [0.5, 0.6) is 5.75 Å². The van der Waals surface area contributed by atoms with Crippen molar-refractivity contribution in [2.24, 2.45) is 0 Å². The Hall–Kier alpha value is -3.15. The monoisotopic (exact) mass is 417 g/mol. The molecule has 1 aliphatic heterocycles. The zero-order valence-electron chi connectivity index (χ0n) is 17.8. The Morgan fingerprint density at radius 3 is 2.61 bits per heavy atom. The van der Waals surface area contributed by atoms with Gasteiger partial charge in [0.15, 0.2) is 0 Å². The van der Waals surface area contributed by atoms with Gasteiger partial charge in [0.2, 0.25) is 5.91 Å². The first-order chi connectivity index (χ1) is 15.0. The largest absolute Gasteiger partial charge is 0.487 e. The SMILES string of the molecule is Cc1nn(CC(=O)N[C@H]2CC3(CCCCC3)Oc3ccccc32)c(=O)c2ccccc12. The fourth-order valence-corrected chi connectivity index (χ4v) is 5.14. The number of aryl methyl sites for hydroxylation is 1. The van der Waals surface area contributed by atoms with Gasteiger partial charge in [0, 0.05) is 17.4 Å². The summed E-state index contributed by atoms with van der Waals surface area (Å²) in [5.74, 6) is 0.648. The number of rotatable bonds is 3. The van der Waals surface area contributed by atoms with Gasteiger partial charge in [0.1, 0.15) is 17.9 Å². The maximum atomic E-state index is 13.0. The predicted molar refractivity (Wildman–Crippen MR) is 119 cm³/mol. The topological polar surface area (TPSA) is 73.2 Å². The standard InChI is InChI=1S/C25H27N3O3/c1-17-18-9-3-4-10-19(18)24(30)28(27-17)16-23(29)26-21-15-25(13-7-2-8-14-25)31-22-12-6-5-11-20(21)22/h3-6,9-12,21H,2,7-8,13-16H2,1H3,(H,26,29)/t21-/m0/s1. The fourth-order valence-electron chi connectivity index (χ4n) is 5.14. The van der Waals surface area contributed by atoms with Crippen molar-refractivity contribution in [2.75, 3.05) is 0 Å². The van der Waals surface area contributed by atoms with Gasteiger partial charge < -0.3 is 10.1 Å². The lowest BCUT2D eigenvalue weighted by atomic mass is 9.77. The molecule has 1 aromatic heterocycles. The number of ether oxygens (including phenoxy) is 1. The molecule has 3 aromatic rings. The second kappa shape index (κ2) is 7.84. The highest BCUT2D eigenvalue weighted by atomic mass is 16.5. The van der Waals surface area contributed by atoms with Crippen LogP contribution in [0.2, 0.25) is 0 Å². The number of para-hydroxylation sites is 1. The van der Waals surface area contributed by atoms with E-state index in [1.807, 2.05) is 49.4 Å². The van der Waals surface area contributed by atoms with Crippen LogP contribution in [-0.2, 0) is 11.3 Å². The zero-order valence-corrected chi connectivity index (χ0v) is 17.8. The molecule has 2 heterocycles. The van der Waals surface area contributed by atoms with Crippen molar-refractivity contribution >= 4 is 16.7 Å². The normalized spacial score (nSPS) is 19.6. The molecular formula is C25H27N3O3. The van der Waals surface area contributed by atoms with Crippen LogP contribution in [-0.4, -0.2) is 21.3 Å². The van der Waals surface area contributed by atoms with E-state index >= 15 is 0 Å². The van der Waals surface area contributed by atoms with E-state index in [0.717, 1.165) is 54.5 Å². The van der Waals surface area contributed by atoms with Crippen LogP contribution in [0.1, 0.15) is 55.8 Å². The molecule has 1 fully saturated rings. The lowest BCUT2D eigenvalue weighted by Crippen LogP contribution is -2.47.